The number of benzene rings is 8. The Bertz CT molecular complexity index is 3750. The van der Waals surface area contributed by atoms with E-state index >= 15 is 0 Å². The van der Waals surface area contributed by atoms with Crippen molar-refractivity contribution in [3.63, 3.8) is 0 Å². The fourth-order valence-corrected chi connectivity index (χ4v) is 9.02. The topological polar surface area (TPSA) is 64.3 Å². The molecule has 0 aliphatic heterocycles. The molecule has 0 N–H and O–H groups in total. The second kappa shape index (κ2) is 11.2. The molecule has 4 heterocycles. The highest BCUT2D eigenvalue weighted by Gasteiger charge is 2.23. The number of hydrogen-bond donors (Lipinski definition) is 0. The lowest BCUT2D eigenvalue weighted by molar-refractivity contribution is 0.669. The molecule has 12 aromatic rings. The third-order valence-corrected chi connectivity index (χ3v) is 11.4. The van der Waals surface area contributed by atoms with Gasteiger partial charge in [0.2, 0.25) is 5.69 Å². The van der Waals surface area contributed by atoms with Crippen molar-refractivity contribution in [2.24, 2.45) is 0 Å². The minimum atomic E-state index is 0.503. The molecule has 0 fully saturated rings. The van der Waals surface area contributed by atoms with Crippen molar-refractivity contribution < 1.29 is 8.83 Å². The second-order valence-electron chi connectivity index (χ2n) is 14.2. The van der Waals surface area contributed by atoms with Crippen LogP contribution >= 0.6 is 0 Å². The minimum absolute atomic E-state index is 0.503. The largest absolute Gasteiger partial charge is 0.456 e. The monoisotopic (exact) mass is 714 g/mol. The molecule has 0 spiro atoms. The van der Waals surface area contributed by atoms with Crippen LogP contribution in [0, 0.1) is 17.9 Å². The van der Waals surface area contributed by atoms with E-state index in [1.54, 1.807) is 0 Å². The molecule has 0 bridgehead atoms. The van der Waals surface area contributed by atoms with Gasteiger partial charge in [-0.05, 0) is 72.3 Å². The summed E-state index contributed by atoms with van der Waals surface area (Å²) in [5.41, 5.74) is 11.5. The highest BCUT2D eigenvalue weighted by Crippen LogP contribution is 2.45. The van der Waals surface area contributed by atoms with E-state index in [0.717, 1.165) is 110 Å². The maximum atomic E-state index is 10.7. The first-order chi connectivity index (χ1) is 27.7. The molecule has 56 heavy (non-hydrogen) atoms. The average Bonchev–Trinajstić information content (AvgIpc) is 3.99. The second-order valence-corrected chi connectivity index (χ2v) is 14.2. The van der Waals surface area contributed by atoms with Crippen LogP contribution < -0.4 is 0 Å². The Labute approximate surface area is 318 Å². The molecule has 0 saturated heterocycles. The highest BCUT2D eigenvalue weighted by atomic mass is 16.3. The Hall–Kier alpha value is -8.06. The van der Waals surface area contributed by atoms with E-state index in [4.69, 9.17) is 15.4 Å². The summed E-state index contributed by atoms with van der Waals surface area (Å²) in [5.74, 6) is 0. The predicted octanol–water partition coefficient (Wildman–Crippen LogP) is 13.8. The van der Waals surface area contributed by atoms with Gasteiger partial charge in [0.15, 0.2) is 0 Å². The number of furan rings is 2. The third kappa shape index (κ3) is 4.02. The summed E-state index contributed by atoms with van der Waals surface area (Å²) in [4.78, 5) is 4.04. The smallest absolute Gasteiger partial charge is 0.210 e. The Balaban J connectivity index is 1.16. The summed E-state index contributed by atoms with van der Waals surface area (Å²) < 4.78 is 17.3. The summed E-state index contributed by atoms with van der Waals surface area (Å²) in [7, 11) is 0. The van der Waals surface area contributed by atoms with Crippen LogP contribution in [-0.4, -0.2) is 9.13 Å². The molecule has 12 rings (SSSR count). The number of hydrogen-bond acceptors (Lipinski definition) is 3. The van der Waals surface area contributed by atoms with Gasteiger partial charge in [-0.3, -0.25) is 0 Å². The Morgan fingerprint density at radius 1 is 0.482 bits per heavy atom. The van der Waals surface area contributed by atoms with Crippen LogP contribution in [0.3, 0.4) is 0 Å². The SMILES string of the molecule is [C-]#[N+]c1ccc(-c2c(C#N)cccc2-n2c3ccccc3c3cc4oc5ccccc5c4cc32)cc1-n1c2ccccc2c2c3oc4ccccc4c3ccc21. The maximum absolute atomic E-state index is 10.7. The van der Waals surface area contributed by atoms with E-state index in [2.05, 4.69) is 105 Å². The number of para-hydroxylation sites is 4. The van der Waals surface area contributed by atoms with Gasteiger partial charge in [0.1, 0.15) is 22.3 Å². The maximum Gasteiger partial charge on any atom is 0.210 e. The lowest BCUT2D eigenvalue weighted by atomic mass is 9.96. The highest BCUT2D eigenvalue weighted by molar-refractivity contribution is 6.24. The van der Waals surface area contributed by atoms with Gasteiger partial charge < -0.3 is 18.0 Å². The zero-order chi connectivity index (χ0) is 37.1. The third-order valence-electron chi connectivity index (χ3n) is 11.4. The molecule has 0 amide bonds. The van der Waals surface area contributed by atoms with Crippen molar-refractivity contribution >= 4 is 93.2 Å². The molecular weight excluding hydrogens is 689 g/mol. The van der Waals surface area contributed by atoms with Crippen LogP contribution in [0.4, 0.5) is 5.69 Å². The van der Waals surface area contributed by atoms with Gasteiger partial charge in [0.05, 0.1) is 57.0 Å². The Kier molecular flexibility index (Phi) is 6.10. The van der Waals surface area contributed by atoms with E-state index in [1.807, 2.05) is 72.8 Å². The quantitative estimate of drug-likeness (QED) is 0.171. The molecule has 0 aliphatic rings. The number of rotatable bonds is 3. The molecule has 6 nitrogen and oxygen atoms in total. The molecule has 4 aromatic heterocycles. The van der Waals surface area contributed by atoms with Crippen LogP contribution in [0.2, 0.25) is 0 Å². The summed E-state index contributed by atoms with van der Waals surface area (Å²) in [6.45, 7) is 8.34. The van der Waals surface area contributed by atoms with Crippen LogP contribution in [-0.2, 0) is 0 Å². The molecular formula is C50H26N4O2. The van der Waals surface area contributed by atoms with Gasteiger partial charge in [-0.25, -0.2) is 4.85 Å². The number of nitriles is 1. The van der Waals surface area contributed by atoms with Crippen molar-refractivity contribution in [2.45, 2.75) is 0 Å². The van der Waals surface area contributed by atoms with E-state index in [1.165, 1.54) is 0 Å². The molecule has 8 aromatic carbocycles. The standard InChI is InChI=1S/C50H26N4O2/c1-52-38-23-21-29(25-44(38)54-40-17-7-3-15-35(40)49-42(54)24-22-34-32-13-4-9-20-46(32)56-50(34)49)48-30(28-51)11-10-18-41(48)53-39-16-6-2-12-31(39)36-27-47-37(26-43(36)53)33-14-5-8-19-45(33)55-47/h2-27H. The summed E-state index contributed by atoms with van der Waals surface area (Å²) in [6, 6.07) is 55.8. The van der Waals surface area contributed by atoms with E-state index in [-0.39, 0.29) is 0 Å². The van der Waals surface area contributed by atoms with Gasteiger partial charge in [-0.15, -0.1) is 0 Å². The first kappa shape index (κ1) is 30.4. The molecule has 258 valence electrons. The van der Waals surface area contributed by atoms with Crippen molar-refractivity contribution in [1.82, 2.24) is 9.13 Å². The van der Waals surface area contributed by atoms with E-state index in [0.29, 0.717) is 11.3 Å². The van der Waals surface area contributed by atoms with Gasteiger partial charge in [-0.2, -0.15) is 5.26 Å². The zero-order valence-electron chi connectivity index (χ0n) is 29.6. The van der Waals surface area contributed by atoms with Gasteiger partial charge in [0, 0.05) is 43.3 Å². The molecule has 0 saturated carbocycles. The number of fused-ring (bicyclic) bond motifs is 13. The molecule has 0 unspecified atom stereocenters. The molecule has 0 atom stereocenters. The summed E-state index contributed by atoms with van der Waals surface area (Å²) >= 11 is 0. The summed E-state index contributed by atoms with van der Waals surface area (Å²) in [5, 5.41) is 19.1. The molecule has 0 aliphatic carbocycles. The average molecular weight is 715 g/mol. The fraction of sp³-hybridized carbons (Fsp3) is 0. The van der Waals surface area contributed by atoms with Crippen molar-refractivity contribution in [3.8, 4) is 28.6 Å². The minimum Gasteiger partial charge on any atom is -0.456 e. The normalized spacial score (nSPS) is 11.9. The van der Waals surface area contributed by atoms with Crippen molar-refractivity contribution in [1.29, 1.82) is 5.26 Å². The van der Waals surface area contributed by atoms with Crippen LogP contribution in [0.25, 0.3) is 115 Å². The van der Waals surface area contributed by atoms with Crippen LogP contribution in [0.15, 0.2) is 167 Å². The van der Waals surface area contributed by atoms with Crippen LogP contribution in [0.5, 0.6) is 0 Å². The molecule has 0 radical (unpaired) electrons. The first-order valence-electron chi connectivity index (χ1n) is 18.4. The number of nitrogens with zero attached hydrogens (tertiary/aromatic N) is 4. The van der Waals surface area contributed by atoms with Gasteiger partial charge in [0.25, 0.3) is 0 Å². The predicted molar refractivity (Wildman–Crippen MR) is 226 cm³/mol. The van der Waals surface area contributed by atoms with E-state index < -0.39 is 0 Å². The lowest BCUT2D eigenvalue weighted by Gasteiger charge is -2.18. The lowest BCUT2D eigenvalue weighted by Crippen LogP contribution is -2.01. The molecule has 6 heteroatoms. The summed E-state index contributed by atoms with van der Waals surface area (Å²) in [6.07, 6.45) is 0. The van der Waals surface area contributed by atoms with Crippen molar-refractivity contribution in [3.05, 3.63) is 175 Å². The first-order valence-corrected chi connectivity index (χ1v) is 18.4. The number of aromatic nitrogens is 2. The van der Waals surface area contributed by atoms with Crippen molar-refractivity contribution in [2.75, 3.05) is 0 Å². The Morgan fingerprint density at radius 3 is 1.95 bits per heavy atom. The van der Waals surface area contributed by atoms with E-state index in [9.17, 15) is 5.26 Å². The zero-order valence-corrected chi connectivity index (χ0v) is 29.6. The fourth-order valence-electron chi connectivity index (χ4n) is 9.02. The Morgan fingerprint density at radius 2 is 1.16 bits per heavy atom. The van der Waals surface area contributed by atoms with Gasteiger partial charge >= 0.3 is 0 Å². The van der Waals surface area contributed by atoms with Gasteiger partial charge in [-0.1, -0.05) is 91.0 Å². The van der Waals surface area contributed by atoms with Crippen LogP contribution in [0.1, 0.15) is 5.56 Å².